The Morgan fingerprint density at radius 3 is 2.94 bits per heavy atom. The summed E-state index contributed by atoms with van der Waals surface area (Å²) in [4.78, 5) is 0. The predicted molar refractivity (Wildman–Crippen MR) is 60.8 cm³/mol. The number of rotatable bonds is 2. The summed E-state index contributed by atoms with van der Waals surface area (Å²) in [5.74, 6) is 2.00. The van der Waals surface area contributed by atoms with Crippen LogP contribution in [0, 0.1) is 0 Å². The van der Waals surface area contributed by atoms with Crippen LogP contribution >= 0.6 is 23.3 Å². The minimum absolute atomic E-state index is 0.262. The first-order valence-electron chi connectivity index (χ1n) is 4.47. The second kappa shape index (κ2) is 3.80. The van der Waals surface area contributed by atoms with Gasteiger partial charge >= 0.3 is 0 Å². The van der Waals surface area contributed by atoms with Gasteiger partial charge in [-0.1, -0.05) is 11.6 Å². The van der Waals surface area contributed by atoms with Crippen molar-refractivity contribution in [1.82, 2.24) is 8.75 Å². The maximum absolute atomic E-state index is 5.83. The number of nitrogens with one attached hydrogen (secondary N) is 1. The van der Waals surface area contributed by atoms with Crippen molar-refractivity contribution in [2.45, 2.75) is 0 Å². The van der Waals surface area contributed by atoms with Crippen LogP contribution in [0.25, 0.3) is 0 Å². The molecule has 82 valence electrons. The van der Waals surface area contributed by atoms with E-state index in [0.717, 1.165) is 23.2 Å². The Labute approximate surface area is 100 Å². The van der Waals surface area contributed by atoms with E-state index in [0.29, 0.717) is 16.7 Å². The molecule has 1 aromatic heterocycles. The highest BCUT2D eigenvalue weighted by Gasteiger charge is 2.14. The first-order chi connectivity index (χ1) is 7.83. The molecular formula is C9H6ClN3O2S. The van der Waals surface area contributed by atoms with Crippen LogP contribution in [-0.4, -0.2) is 15.5 Å². The molecule has 2 heterocycles. The van der Waals surface area contributed by atoms with E-state index in [2.05, 4.69) is 14.1 Å². The van der Waals surface area contributed by atoms with Gasteiger partial charge in [-0.15, -0.1) is 0 Å². The van der Waals surface area contributed by atoms with Crippen LogP contribution in [0.4, 0.5) is 11.5 Å². The lowest BCUT2D eigenvalue weighted by molar-refractivity contribution is 0.174. The molecule has 0 saturated heterocycles. The lowest BCUT2D eigenvalue weighted by Gasteiger charge is -2.03. The number of hydrogen-bond acceptors (Lipinski definition) is 6. The normalized spacial score (nSPS) is 12.8. The molecule has 0 aliphatic carbocycles. The van der Waals surface area contributed by atoms with Gasteiger partial charge in [-0.25, -0.2) is 0 Å². The van der Waals surface area contributed by atoms with Crippen LogP contribution < -0.4 is 14.8 Å². The van der Waals surface area contributed by atoms with E-state index >= 15 is 0 Å². The molecule has 3 rings (SSSR count). The smallest absolute Gasteiger partial charge is 0.231 e. The number of aromatic nitrogens is 2. The lowest BCUT2D eigenvalue weighted by atomic mass is 10.3. The molecule has 16 heavy (non-hydrogen) atoms. The Balaban J connectivity index is 1.88. The van der Waals surface area contributed by atoms with E-state index in [1.54, 1.807) is 0 Å². The largest absolute Gasteiger partial charge is 0.454 e. The molecule has 2 aromatic rings. The summed E-state index contributed by atoms with van der Waals surface area (Å²) >= 11 is 6.89. The number of ether oxygens (including phenoxy) is 2. The lowest BCUT2D eigenvalue weighted by Crippen LogP contribution is -1.93. The quantitative estimate of drug-likeness (QED) is 0.894. The molecule has 0 radical (unpaired) electrons. The van der Waals surface area contributed by atoms with E-state index in [1.807, 2.05) is 18.2 Å². The van der Waals surface area contributed by atoms with Gasteiger partial charge in [0.1, 0.15) is 0 Å². The number of halogens is 1. The van der Waals surface area contributed by atoms with Gasteiger partial charge in [0.2, 0.25) is 6.79 Å². The van der Waals surface area contributed by atoms with Crippen LogP contribution in [0.2, 0.25) is 5.15 Å². The molecule has 0 bridgehead atoms. The summed E-state index contributed by atoms with van der Waals surface area (Å²) in [5.41, 5.74) is 0.832. The van der Waals surface area contributed by atoms with Gasteiger partial charge in [0, 0.05) is 11.8 Å². The monoisotopic (exact) mass is 255 g/mol. The molecule has 1 N–H and O–H groups in total. The van der Waals surface area contributed by atoms with Crippen LogP contribution in [0.5, 0.6) is 11.5 Å². The first-order valence-corrected chi connectivity index (χ1v) is 5.58. The third-order valence-electron chi connectivity index (χ3n) is 2.08. The summed E-state index contributed by atoms with van der Waals surface area (Å²) in [7, 11) is 0. The standard InChI is InChI=1S/C9H6ClN3O2S/c10-8-9(13-16-12-8)11-5-1-2-6-7(3-5)15-4-14-6/h1-3H,4H2,(H,11,13). The van der Waals surface area contributed by atoms with Crippen LogP contribution in [-0.2, 0) is 0 Å². The molecule has 5 nitrogen and oxygen atoms in total. The zero-order valence-electron chi connectivity index (χ0n) is 7.94. The van der Waals surface area contributed by atoms with Crippen molar-refractivity contribution < 1.29 is 9.47 Å². The van der Waals surface area contributed by atoms with Gasteiger partial charge in [-0.05, 0) is 12.1 Å². The fraction of sp³-hybridized carbons (Fsp3) is 0.111. The Morgan fingerprint density at radius 2 is 2.12 bits per heavy atom. The zero-order valence-corrected chi connectivity index (χ0v) is 9.51. The van der Waals surface area contributed by atoms with E-state index in [1.165, 1.54) is 0 Å². The summed E-state index contributed by atoms with van der Waals surface area (Å²) in [6.45, 7) is 0.262. The van der Waals surface area contributed by atoms with Crippen molar-refractivity contribution in [3.05, 3.63) is 23.4 Å². The van der Waals surface area contributed by atoms with Crippen molar-refractivity contribution in [2.24, 2.45) is 0 Å². The van der Waals surface area contributed by atoms with E-state index in [9.17, 15) is 0 Å². The Bertz CT molecular complexity index is 531. The highest BCUT2D eigenvalue weighted by atomic mass is 35.5. The highest BCUT2D eigenvalue weighted by molar-refractivity contribution is 6.99. The minimum Gasteiger partial charge on any atom is -0.454 e. The van der Waals surface area contributed by atoms with Crippen LogP contribution in [0.3, 0.4) is 0 Å². The Kier molecular flexibility index (Phi) is 2.30. The average molecular weight is 256 g/mol. The van der Waals surface area contributed by atoms with Gasteiger partial charge in [-0.3, -0.25) is 0 Å². The molecule has 0 unspecified atom stereocenters. The fourth-order valence-electron chi connectivity index (χ4n) is 1.36. The summed E-state index contributed by atoms with van der Waals surface area (Å²) in [6, 6.07) is 5.53. The predicted octanol–water partition coefficient (Wildman–Crippen LogP) is 2.66. The van der Waals surface area contributed by atoms with Crippen LogP contribution in [0.15, 0.2) is 18.2 Å². The molecule has 7 heteroatoms. The van der Waals surface area contributed by atoms with Gasteiger partial charge in [0.25, 0.3) is 0 Å². The molecule has 1 aromatic carbocycles. The summed E-state index contributed by atoms with van der Waals surface area (Å²) in [6.07, 6.45) is 0. The second-order valence-electron chi connectivity index (χ2n) is 3.10. The minimum atomic E-state index is 0.262. The number of hydrogen-bond donors (Lipinski definition) is 1. The highest BCUT2D eigenvalue weighted by Crippen LogP contribution is 2.35. The molecule has 0 fully saturated rings. The van der Waals surface area contributed by atoms with E-state index in [4.69, 9.17) is 21.1 Å². The molecule has 0 amide bonds. The number of benzene rings is 1. The van der Waals surface area contributed by atoms with E-state index in [-0.39, 0.29) is 6.79 Å². The van der Waals surface area contributed by atoms with Crippen molar-refractivity contribution >= 4 is 34.8 Å². The van der Waals surface area contributed by atoms with E-state index < -0.39 is 0 Å². The third kappa shape index (κ3) is 1.66. The van der Waals surface area contributed by atoms with Gasteiger partial charge in [0.05, 0.1) is 11.7 Å². The SMILES string of the molecule is Clc1nsnc1Nc1ccc2c(c1)OCO2. The van der Waals surface area contributed by atoms with Crippen molar-refractivity contribution in [1.29, 1.82) is 0 Å². The molecule has 0 spiro atoms. The van der Waals surface area contributed by atoms with Gasteiger partial charge < -0.3 is 14.8 Å². The molecule has 1 aliphatic heterocycles. The maximum atomic E-state index is 5.83. The third-order valence-corrected chi connectivity index (χ3v) is 2.98. The summed E-state index contributed by atoms with van der Waals surface area (Å²) in [5, 5.41) is 3.41. The topological polar surface area (TPSA) is 56.3 Å². The second-order valence-corrected chi connectivity index (χ2v) is 3.98. The zero-order chi connectivity index (χ0) is 11.0. The fourth-order valence-corrected chi connectivity index (χ4v) is 2.01. The number of fused-ring (bicyclic) bond motifs is 1. The van der Waals surface area contributed by atoms with Crippen molar-refractivity contribution in [2.75, 3.05) is 12.1 Å². The Hall–Kier alpha value is -1.53. The first kappa shape index (κ1) is 9.68. The summed E-state index contributed by atoms with van der Waals surface area (Å²) < 4.78 is 18.4. The van der Waals surface area contributed by atoms with Crippen molar-refractivity contribution in [3.63, 3.8) is 0 Å². The molecule has 0 saturated carbocycles. The Morgan fingerprint density at radius 1 is 1.25 bits per heavy atom. The number of nitrogens with zero attached hydrogens (tertiary/aromatic N) is 2. The van der Waals surface area contributed by atoms with Crippen molar-refractivity contribution in [3.8, 4) is 11.5 Å². The van der Waals surface area contributed by atoms with Gasteiger partial charge in [-0.2, -0.15) is 8.75 Å². The maximum Gasteiger partial charge on any atom is 0.231 e. The number of anilines is 2. The van der Waals surface area contributed by atoms with Gasteiger partial charge in [0.15, 0.2) is 22.5 Å². The molecule has 0 atom stereocenters. The molecule has 1 aliphatic rings. The van der Waals surface area contributed by atoms with Crippen LogP contribution in [0.1, 0.15) is 0 Å². The average Bonchev–Trinajstić information content (AvgIpc) is 2.88. The molecular weight excluding hydrogens is 250 g/mol.